The topological polar surface area (TPSA) is 18.5 Å². The molecule has 0 amide bonds. The molecule has 374 valence electrons. The Labute approximate surface area is 449 Å². The standard InChI is InChI=1S/C60H78O2S6Si2/c1-11-15-17-43(13-3)41-61-51-39-50(56-30-34-60(68-56)58-32-28-54(66-58)46-21-25-48(26-22-46)64-36-38-70(8,9)10)52(62-42-44(14-4)18-16-12-2)40-49(51)55-29-33-59(67-55)57-31-27-53(65-57)45-19-23-47(24-20-45)63-35-37-69(5,6)7/h19-34,39-40,43-44H,11-18,35-38,41-42H2,1-10H3. The molecule has 2 nitrogen and oxygen atoms in total. The zero-order valence-electron chi connectivity index (χ0n) is 43.7. The lowest BCUT2D eigenvalue weighted by Crippen LogP contribution is -2.19. The Balaban J connectivity index is 1.19. The van der Waals surface area contributed by atoms with Gasteiger partial charge in [0, 0.05) is 76.1 Å². The third kappa shape index (κ3) is 16.1. The molecule has 0 saturated carbocycles. The maximum Gasteiger partial charge on any atom is 0.128 e. The van der Waals surface area contributed by atoms with Crippen LogP contribution in [0.4, 0.5) is 0 Å². The fourth-order valence-electron chi connectivity index (χ4n) is 8.26. The molecule has 0 aliphatic heterocycles. The van der Waals surface area contributed by atoms with Crippen LogP contribution in [-0.2, 0) is 0 Å². The van der Waals surface area contributed by atoms with Crippen LogP contribution < -0.4 is 9.47 Å². The number of ether oxygens (including phenoxy) is 2. The highest BCUT2D eigenvalue weighted by molar-refractivity contribution is 7.99. The summed E-state index contributed by atoms with van der Waals surface area (Å²) in [5, 5.41) is 0. The summed E-state index contributed by atoms with van der Waals surface area (Å²) in [6.07, 6.45) is 9.48. The monoisotopic (exact) mass is 1080 g/mol. The molecule has 0 fully saturated rings. The van der Waals surface area contributed by atoms with Crippen LogP contribution in [0, 0.1) is 11.8 Å². The van der Waals surface area contributed by atoms with Gasteiger partial charge >= 0.3 is 0 Å². The van der Waals surface area contributed by atoms with Gasteiger partial charge in [-0.2, -0.15) is 0 Å². The van der Waals surface area contributed by atoms with Crippen molar-refractivity contribution in [3.63, 3.8) is 0 Å². The first-order chi connectivity index (χ1) is 33.7. The molecule has 3 aromatic carbocycles. The van der Waals surface area contributed by atoms with E-state index in [0.717, 1.165) is 35.5 Å². The van der Waals surface area contributed by atoms with Gasteiger partial charge in [0.1, 0.15) is 11.5 Å². The second-order valence-corrected chi connectivity index (χ2v) is 39.2. The maximum absolute atomic E-state index is 7.04. The van der Waals surface area contributed by atoms with Crippen molar-refractivity contribution in [3.8, 4) is 72.8 Å². The summed E-state index contributed by atoms with van der Waals surface area (Å²) >= 11 is 11.5. The Morgan fingerprint density at radius 3 is 1.09 bits per heavy atom. The SMILES string of the molecule is CCCCC(CC)COc1cc(-c2ccc(-c3ccc(-c4ccc(SCC[Si](C)(C)C)cc4)s3)s2)c(OCC(CC)CCCC)cc1-c1ccc(-c2ccc(-c3ccc(SCC[Si](C)(C)C)cc3)s2)s1. The molecule has 10 heteroatoms. The van der Waals surface area contributed by atoms with Crippen molar-refractivity contribution in [3.05, 3.63) is 109 Å². The van der Waals surface area contributed by atoms with Crippen LogP contribution in [-0.4, -0.2) is 40.9 Å². The molecule has 4 heterocycles. The predicted octanol–water partition coefficient (Wildman–Crippen LogP) is 22.0. The van der Waals surface area contributed by atoms with Gasteiger partial charge in [0.05, 0.1) is 13.2 Å². The summed E-state index contributed by atoms with van der Waals surface area (Å²) in [7, 11) is -2.06. The second-order valence-electron chi connectivity index (χ2n) is 21.3. The fraction of sp³-hybridized carbons (Fsp3) is 0.433. The van der Waals surface area contributed by atoms with Gasteiger partial charge in [0.2, 0.25) is 0 Å². The number of hydrogen-bond acceptors (Lipinski definition) is 8. The number of thiophene rings is 4. The quantitative estimate of drug-likeness (QED) is 0.0359. The van der Waals surface area contributed by atoms with E-state index in [0.29, 0.717) is 25.0 Å². The molecule has 0 N–H and O–H groups in total. The average Bonchev–Trinajstić information content (AvgIpc) is 4.20. The molecule has 2 unspecified atom stereocenters. The van der Waals surface area contributed by atoms with E-state index in [1.165, 1.54) is 122 Å². The molecular formula is C60H78O2S6Si2. The lowest BCUT2D eigenvalue weighted by atomic mass is 10.00. The van der Waals surface area contributed by atoms with Crippen molar-refractivity contribution >= 4 is 85.0 Å². The van der Waals surface area contributed by atoms with Gasteiger partial charge in [-0.15, -0.1) is 68.9 Å². The van der Waals surface area contributed by atoms with E-state index in [9.17, 15) is 0 Å². The molecule has 70 heavy (non-hydrogen) atoms. The third-order valence-corrected chi connectivity index (χ3v) is 24.2. The molecular weight excluding hydrogens is 1000 g/mol. The molecule has 0 bridgehead atoms. The first-order valence-electron chi connectivity index (χ1n) is 26.0. The van der Waals surface area contributed by atoms with Crippen molar-refractivity contribution in [1.29, 1.82) is 0 Å². The van der Waals surface area contributed by atoms with E-state index in [-0.39, 0.29) is 0 Å². The number of thioether (sulfide) groups is 2. The molecule has 0 aliphatic rings. The smallest absolute Gasteiger partial charge is 0.128 e. The lowest BCUT2D eigenvalue weighted by molar-refractivity contribution is 0.229. The molecule has 0 saturated heterocycles. The normalized spacial score (nSPS) is 12.9. The lowest BCUT2D eigenvalue weighted by Gasteiger charge is -2.21. The van der Waals surface area contributed by atoms with Crippen LogP contribution in [0.15, 0.2) is 119 Å². The first-order valence-corrected chi connectivity index (χ1v) is 38.7. The van der Waals surface area contributed by atoms with Crippen molar-refractivity contribution in [2.75, 3.05) is 24.7 Å². The summed E-state index contributed by atoms with van der Waals surface area (Å²) < 4.78 is 14.1. The molecule has 0 radical (unpaired) electrons. The van der Waals surface area contributed by atoms with Crippen LogP contribution in [0.25, 0.3) is 61.3 Å². The summed E-state index contributed by atoms with van der Waals surface area (Å²) in [4.78, 5) is 13.0. The summed E-state index contributed by atoms with van der Waals surface area (Å²) in [6, 6.07) is 44.2. The van der Waals surface area contributed by atoms with Gasteiger partial charge in [0.25, 0.3) is 0 Å². The Morgan fingerprint density at radius 1 is 0.429 bits per heavy atom. The number of rotatable bonds is 28. The van der Waals surface area contributed by atoms with Gasteiger partial charge in [-0.3, -0.25) is 0 Å². The third-order valence-electron chi connectivity index (χ3n) is 13.1. The van der Waals surface area contributed by atoms with Crippen LogP contribution in [0.2, 0.25) is 51.4 Å². The highest BCUT2D eigenvalue weighted by atomic mass is 32.2. The van der Waals surface area contributed by atoms with E-state index < -0.39 is 16.1 Å². The van der Waals surface area contributed by atoms with E-state index in [2.05, 4.69) is 176 Å². The van der Waals surface area contributed by atoms with Gasteiger partial charge in [0.15, 0.2) is 0 Å². The first kappa shape index (κ1) is 55.0. The Bertz CT molecular complexity index is 2470. The number of hydrogen-bond donors (Lipinski definition) is 0. The Kier molecular flexibility index (Phi) is 20.7. The van der Waals surface area contributed by atoms with Crippen molar-refractivity contribution in [1.82, 2.24) is 0 Å². The van der Waals surface area contributed by atoms with Crippen molar-refractivity contribution in [2.45, 2.75) is 140 Å². The molecule has 7 rings (SSSR count). The van der Waals surface area contributed by atoms with Crippen LogP contribution in [0.3, 0.4) is 0 Å². The average molecular weight is 1080 g/mol. The van der Waals surface area contributed by atoms with E-state index in [1.54, 1.807) is 0 Å². The predicted molar refractivity (Wildman–Crippen MR) is 326 cm³/mol. The van der Waals surface area contributed by atoms with E-state index in [1.807, 2.05) is 68.9 Å². The maximum atomic E-state index is 7.04. The molecule has 2 atom stereocenters. The van der Waals surface area contributed by atoms with E-state index in [4.69, 9.17) is 9.47 Å². The highest BCUT2D eigenvalue weighted by Gasteiger charge is 2.22. The minimum absolute atomic E-state index is 0.517. The van der Waals surface area contributed by atoms with Gasteiger partial charge in [-0.05, 0) is 144 Å². The molecule has 0 spiro atoms. The number of unbranched alkanes of at least 4 members (excludes halogenated alkanes) is 2. The zero-order valence-corrected chi connectivity index (χ0v) is 50.6. The zero-order chi connectivity index (χ0) is 49.7. The van der Waals surface area contributed by atoms with Crippen LogP contribution in [0.1, 0.15) is 79.1 Å². The summed E-state index contributed by atoms with van der Waals surface area (Å²) in [5.74, 6) is 5.35. The Hall–Kier alpha value is -2.81. The summed E-state index contributed by atoms with van der Waals surface area (Å²) in [6.45, 7) is 25.4. The summed E-state index contributed by atoms with van der Waals surface area (Å²) in [5.41, 5.74) is 4.83. The minimum atomic E-state index is -1.03. The van der Waals surface area contributed by atoms with Gasteiger partial charge in [-0.1, -0.05) is 130 Å². The van der Waals surface area contributed by atoms with E-state index >= 15 is 0 Å². The Morgan fingerprint density at radius 2 is 0.757 bits per heavy atom. The van der Waals surface area contributed by atoms with Gasteiger partial charge in [-0.25, -0.2) is 0 Å². The van der Waals surface area contributed by atoms with Crippen molar-refractivity contribution in [2.24, 2.45) is 11.8 Å². The van der Waals surface area contributed by atoms with Gasteiger partial charge < -0.3 is 9.47 Å². The number of benzene rings is 3. The minimum Gasteiger partial charge on any atom is -0.493 e. The highest BCUT2D eigenvalue weighted by Crippen LogP contribution is 2.49. The largest absolute Gasteiger partial charge is 0.493 e. The molecule has 0 aliphatic carbocycles. The second kappa shape index (κ2) is 26.4. The van der Waals surface area contributed by atoms with Crippen LogP contribution in [0.5, 0.6) is 11.5 Å². The van der Waals surface area contributed by atoms with Crippen molar-refractivity contribution < 1.29 is 9.47 Å². The molecule has 7 aromatic rings. The molecule has 4 aromatic heterocycles. The van der Waals surface area contributed by atoms with Crippen LogP contribution >= 0.6 is 68.9 Å². The fourth-order valence-corrected chi connectivity index (χ4v) is 19.4.